The number of likely N-dealkylation sites (tertiary alicyclic amines) is 1. The van der Waals surface area contributed by atoms with E-state index in [9.17, 15) is 34.5 Å². The minimum Gasteiger partial charge on any atom is -0.508 e. The number of hydrogen-bond donors (Lipinski definition) is 5. The van der Waals surface area contributed by atoms with Gasteiger partial charge in [0, 0.05) is 57.6 Å². The number of phenolic OH excluding ortho intramolecular Hbond substituents is 2. The number of amides is 3. The highest BCUT2D eigenvalue weighted by Gasteiger charge is 2.44. The van der Waals surface area contributed by atoms with E-state index in [1.165, 1.54) is 16.2 Å². The predicted molar refractivity (Wildman–Crippen MR) is 264 cm³/mol. The second kappa shape index (κ2) is 23.0. The van der Waals surface area contributed by atoms with Gasteiger partial charge in [-0.05, 0) is 128 Å². The highest BCUT2D eigenvalue weighted by molar-refractivity contribution is 7.22. The number of ketones is 1. The van der Waals surface area contributed by atoms with Gasteiger partial charge in [-0.2, -0.15) is 0 Å². The first-order valence-electron chi connectivity index (χ1n) is 23.3. The molecule has 6 rings (SSSR count). The number of hydrogen-bond acceptors (Lipinski definition) is 10. The number of likely N-dealkylation sites (N-methyl/N-ethyl adjacent to an activating group) is 1. The summed E-state index contributed by atoms with van der Waals surface area (Å²) in [5.74, 6) is 2.43. The SMILES string of the molecule is C#Cc1ccc(C(C)NC(=O)[C@@H]2C[C@@H](O)CN2C(=O)C(NC(=O)CCCCCCCN(CC)CCOc2ccc(C(=O)c3c(-c4ccc(O)cc4)sc4cc(O)ccc34)cc2)C(C)(C)C)cc1. The molecule has 13 heteroatoms. The minimum atomic E-state index is -0.872. The summed E-state index contributed by atoms with van der Waals surface area (Å²) in [6, 6.07) is 24.2. The number of ether oxygens (including phenoxy) is 1. The van der Waals surface area contributed by atoms with Crippen LogP contribution in [0.2, 0.25) is 0 Å². The van der Waals surface area contributed by atoms with Crippen molar-refractivity contribution in [1.82, 2.24) is 20.4 Å². The number of nitrogens with one attached hydrogen (secondary N) is 2. The molecule has 1 saturated heterocycles. The number of nitrogens with zero attached hydrogens (tertiary/aromatic N) is 2. The number of benzene rings is 4. The Balaban J connectivity index is 0.903. The molecular formula is C54H64N4O8S. The number of unbranched alkanes of at least 4 members (excludes halogenated alkanes) is 4. The van der Waals surface area contributed by atoms with E-state index in [0.717, 1.165) is 77.0 Å². The van der Waals surface area contributed by atoms with E-state index >= 15 is 0 Å². The Morgan fingerprint density at radius 2 is 1.55 bits per heavy atom. The maximum absolute atomic E-state index is 14.0. The Morgan fingerprint density at radius 1 is 0.881 bits per heavy atom. The predicted octanol–water partition coefficient (Wildman–Crippen LogP) is 8.60. The number of rotatable bonds is 21. The molecule has 0 aliphatic carbocycles. The third-order valence-corrected chi connectivity index (χ3v) is 13.6. The molecule has 4 aromatic carbocycles. The van der Waals surface area contributed by atoms with Crippen molar-refractivity contribution in [2.24, 2.45) is 5.41 Å². The van der Waals surface area contributed by atoms with Crippen molar-refractivity contribution in [2.75, 3.05) is 32.8 Å². The van der Waals surface area contributed by atoms with Crippen LogP contribution >= 0.6 is 11.3 Å². The zero-order chi connectivity index (χ0) is 48.3. The lowest BCUT2D eigenvalue weighted by molar-refractivity contribution is -0.144. The molecule has 1 aromatic heterocycles. The summed E-state index contributed by atoms with van der Waals surface area (Å²) >= 11 is 1.42. The lowest BCUT2D eigenvalue weighted by Crippen LogP contribution is -2.57. The fourth-order valence-corrected chi connectivity index (χ4v) is 9.70. The standard InChI is InChI=1S/C54H64N4O8S/c1-7-36-15-17-37(18-16-36)35(3)55-52(64)45-32-42(61)34-58(45)53(65)51(54(4,5)6)56-47(62)14-12-10-9-11-13-29-57(8-2)30-31-66-43-26-21-38(22-27-43)49(63)48-44-28-25-41(60)33-46(44)67-50(48)39-19-23-40(59)24-20-39/h1,15-28,33,35,42,45,51,59-61H,8-14,29-32,34H2,2-6H3,(H,55,64)(H,56,62)/t35?,42-,45+,51?/m1/s1. The average molecular weight is 929 g/mol. The number of β-amino-alcohol motifs (C(OH)–C–C–N with tert-alkyl or cyclic N) is 1. The van der Waals surface area contributed by atoms with E-state index in [1.54, 1.807) is 66.7 Å². The number of aliphatic hydroxyl groups excluding tert-OH is 1. The van der Waals surface area contributed by atoms with E-state index in [0.29, 0.717) is 29.9 Å². The number of aromatic hydroxyl groups is 2. The first kappa shape index (κ1) is 50.2. The van der Waals surface area contributed by atoms with Crippen LogP contribution < -0.4 is 15.4 Å². The van der Waals surface area contributed by atoms with Crippen molar-refractivity contribution >= 4 is 44.9 Å². The molecule has 0 bridgehead atoms. The third-order valence-electron chi connectivity index (χ3n) is 12.4. The van der Waals surface area contributed by atoms with Crippen LogP contribution in [0.3, 0.4) is 0 Å². The molecule has 0 saturated carbocycles. The molecule has 5 aromatic rings. The van der Waals surface area contributed by atoms with Gasteiger partial charge in [-0.1, -0.05) is 65.0 Å². The molecule has 2 unspecified atom stereocenters. The topological polar surface area (TPSA) is 169 Å². The summed E-state index contributed by atoms with van der Waals surface area (Å²) in [4.78, 5) is 59.2. The summed E-state index contributed by atoms with van der Waals surface area (Å²) in [5.41, 5.74) is 2.84. The molecule has 3 amide bonds. The molecule has 2 heterocycles. The van der Waals surface area contributed by atoms with Gasteiger partial charge < -0.3 is 40.5 Å². The van der Waals surface area contributed by atoms with Crippen LogP contribution in [-0.2, 0) is 14.4 Å². The van der Waals surface area contributed by atoms with Crippen molar-refractivity contribution in [2.45, 2.75) is 104 Å². The average Bonchev–Trinajstić information content (AvgIpc) is 3.90. The van der Waals surface area contributed by atoms with Crippen molar-refractivity contribution in [1.29, 1.82) is 0 Å². The smallest absolute Gasteiger partial charge is 0.246 e. The van der Waals surface area contributed by atoms with Crippen LogP contribution in [0.25, 0.3) is 20.5 Å². The summed E-state index contributed by atoms with van der Waals surface area (Å²) < 4.78 is 6.88. The maximum Gasteiger partial charge on any atom is 0.246 e. The number of phenols is 2. The van der Waals surface area contributed by atoms with Crippen molar-refractivity contribution in [3.05, 3.63) is 113 Å². The van der Waals surface area contributed by atoms with Gasteiger partial charge in [0.2, 0.25) is 17.7 Å². The summed E-state index contributed by atoms with van der Waals surface area (Å²) in [6.45, 7) is 12.7. The second-order valence-corrected chi connectivity index (χ2v) is 19.5. The van der Waals surface area contributed by atoms with Gasteiger partial charge in [0.15, 0.2) is 5.78 Å². The molecule has 0 radical (unpaired) electrons. The van der Waals surface area contributed by atoms with Gasteiger partial charge in [-0.3, -0.25) is 19.2 Å². The van der Waals surface area contributed by atoms with Crippen LogP contribution in [0.1, 0.15) is 113 Å². The number of carbonyl (C=O) groups excluding carboxylic acids is 4. The van der Waals surface area contributed by atoms with E-state index in [-0.39, 0.29) is 60.4 Å². The Labute approximate surface area is 398 Å². The molecule has 1 fully saturated rings. The fraction of sp³-hybridized carbons (Fsp3) is 0.407. The van der Waals surface area contributed by atoms with Crippen molar-refractivity contribution in [3.8, 4) is 40.0 Å². The highest BCUT2D eigenvalue weighted by Crippen LogP contribution is 2.41. The summed E-state index contributed by atoms with van der Waals surface area (Å²) in [5, 5.41) is 37.2. The number of thiophene rings is 1. The van der Waals surface area contributed by atoms with Crippen molar-refractivity contribution < 1.29 is 39.2 Å². The van der Waals surface area contributed by atoms with Gasteiger partial charge in [0.1, 0.15) is 35.9 Å². The molecular weight excluding hydrogens is 865 g/mol. The van der Waals surface area contributed by atoms with Crippen molar-refractivity contribution in [3.63, 3.8) is 0 Å². The molecule has 0 spiro atoms. The molecule has 1 aliphatic heterocycles. The zero-order valence-corrected chi connectivity index (χ0v) is 40.0. The minimum absolute atomic E-state index is 0.0132. The number of aliphatic hydroxyl groups is 1. The Bertz CT molecular complexity index is 2520. The third kappa shape index (κ3) is 13.2. The lowest BCUT2D eigenvalue weighted by atomic mass is 9.85. The number of carbonyl (C=O) groups is 4. The van der Waals surface area contributed by atoms with Gasteiger partial charge in [0.25, 0.3) is 0 Å². The lowest BCUT2D eigenvalue weighted by Gasteiger charge is -2.35. The molecule has 4 atom stereocenters. The van der Waals surface area contributed by atoms with E-state index in [2.05, 4.69) is 28.4 Å². The Kier molecular flexibility index (Phi) is 17.2. The first-order valence-corrected chi connectivity index (χ1v) is 24.1. The Morgan fingerprint density at radius 3 is 2.22 bits per heavy atom. The van der Waals surface area contributed by atoms with Crippen LogP contribution in [0.15, 0.2) is 91.0 Å². The van der Waals surface area contributed by atoms with Crippen LogP contribution in [0.5, 0.6) is 17.2 Å². The van der Waals surface area contributed by atoms with E-state index in [1.807, 2.05) is 52.0 Å². The quantitative estimate of drug-likeness (QED) is 0.0275. The largest absolute Gasteiger partial charge is 0.508 e. The fourth-order valence-electron chi connectivity index (χ4n) is 8.46. The zero-order valence-electron chi connectivity index (χ0n) is 39.2. The number of terminal acetylenes is 1. The molecule has 12 nitrogen and oxygen atoms in total. The van der Waals surface area contributed by atoms with E-state index < -0.39 is 23.6 Å². The first-order chi connectivity index (χ1) is 32.1. The number of fused-ring (bicyclic) bond motifs is 1. The monoisotopic (exact) mass is 928 g/mol. The molecule has 67 heavy (non-hydrogen) atoms. The summed E-state index contributed by atoms with van der Waals surface area (Å²) in [6.07, 6.45) is 9.59. The maximum atomic E-state index is 14.0. The van der Waals surface area contributed by atoms with Crippen LogP contribution in [0, 0.1) is 17.8 Å². The molecule has 5 N–H and O–H groups in total. The van der Waals surface area contributed by atoms with Gasteiger partial charge in [-0.25, -0.2) is 0 Å². The highest BCUT2D eigenvalue weighted by atomic mass is 32.1. The Hall–Kier alpha value is -6.20. The van der Waals surface area contributed by atoms with Crippen LogP contribution in [-0.4, -0.2) is 99.6 Å². The van der Waals surface area contributed by atoms with Crippen LogP contribution in [0.4, 0.5) is 0 Å². The molecule has 1 aliphatic rings. The van der Waals surface area contributed by atoms with Gasteiger partial charge >= 0.3 is 0 Å². The summed E-state index contributed by atoms with van der Waals surface area (Å²) in [7, 11) is 0. The normalized spacial score (nSPS) is 15.8. The van der Waals surface area contributed by atoms with Gasteiger partial charge in [-0.15, -0.1) is 17.8 Å². The van der Waals surface area contributed by atoms with E-state index in [4.69, 9.17) is 11.2 Å². The second-order valence-electron chi connectivity index (χ2n) is 18.4. The molecule has 354 valence electrons. The van der Waals surface area contributed by atoms with Gasteiger partial charge in [0.05, 0.1) is 12.1 Å².